The Morgan fingerprint density at radius 3 is 0.587 bits per heavy atom. The van der Waals surface area contributed by atoms with Crippen LogP contribution in [0.15, 0.2) is 219 Å². The highest BCUT2D eigenvalue weighted by atomic mass is 127. The average Bonchev–Trinajstić information content (AvgIpc) is 3.35. The summed E-state index contributed by atoms with van der Waals surface area (Å²) in [4.78, 5) is 13.3. The van der Waals surface area contributed by atoms with Crippen molar-refractivity contribution in [1.82, 2.24) is 15.0 Å². The molecule has 3 heterocycles. The highest BCUT2D eigenvalue weighted by Crippen LogP contribution is 2.56. The van der Waals surface area contributed by atoms with Gasteiger partial charge in [-0.25, -0.2) is 0 Å². The van der Waals surface area contributed by atoms with E-state index in [0.717, 1.165) is 66.8 Å². The summed E-state index contributed by atoms with van der Waals surface area (Å²) in [6.45, 7) is 0. The number of rotatable bonds is 9. The van der Waals surface area contributed by atoms with E-state index in [1.54, 1.807) is 0 Å². The third-order valence-corrected chi connectivity index (χ3v) is 13.6. The summed E-state index contributed by atoms with van der Waals surface area (Å²) in [7, 11) is 0. The number of hydrogen-bond donors (Lipinski definition) is 0. The van der Waals surface area contributed by atoms with Crippen LogP contribution in [0.4, 0.5) is 0 Å². The first-order valence-electron chi connectivity index (χ1n) is 20.5. The molecule has 300 valence electrons. The van der Waals surface area contributed by atoms with E-state index < -0.39 is 0 Å². The Hall–Kier alpha value is -5.82. The minimum absolute atomic E-state index is 1.08. The first-order chi connectivity index (χ1) is 31.0. The molecule has 0 amide bonds. The van der Waals surface area contributed by atoms with E-state index in [4.69, 9.17) is 0 Å². The summed E-state index contributed by atoms with van der Waals surface area (Å²) in [5.41, 5.74) is 20.4. The fourth-order valence-electron chi connectivity index (χ4n) is 8.42. The van der Waals surface area contributed by atoms with Gasteiger partial charge in [0.2, 0.25) is 0 Å². The molecule has 10 aromatic rings. The van der Waals surface area contributed by atoms with Gasteiger partial charge < -0.3 is 0 Å². The molecule has 0 unspecified atom stereocenters. The SMILES string of the molecule is Ic1ccc(-c2c(-c3ccc(-c4cccnc4)cc3)c(-c3ccc(I)cc3)c(-c3ccc(-c4cccnc4)cc3)c(-c3ccc(I)cc3)c2-c2ccc(-c3cccnc3)cc2)cc1. The molecular weight excluding hydrogens is 1110 g/mol. The first kappa shape index (κ1) is 41.2. The van der Waals surface area contributed by atoms with Crippen molar-refractivity contribution >= 4 is 67.8 Å². The van der Waals surface area contributed by atoms with Gasteiger partial charge in [-0.1, -0.05) is 127 Å². The van der Waals surface area contributed by atoms with Crippen molar-refractivity contribution in [3.05, 3.63) is 230 Å². The van der Waals surface area contributed by atoms with Crippen molar-refractivity contribution in [2.75, 3.05) is 0 Å². The molecule has 0 aliphatic rings. The Labute approximate surface area is 408 Å². The molecule has 10 rings (SSSR count). The lowest BCUT2D eigenvalue weighted by Crippen LogP contribution is -2.02. The Kier molecular flexibility index (Phi) is 12.1. The second-order valence-corrected chi connectivity index (χ2v) is 19.0. The number of halogens is 3. The fraction of sp³-hybridized carbons (Fsp3) is 0. The molecule has 0 atom stereocenters. The maximum atomic E-state index is 4.44. The molecule has 0 aliphatic carbocycles. The van der Waals surface area contributed by atoms with Gasteiger partial charge in [-0.15, -0.1) is 0 Å². The van der Waals surface area contributed by atoms with Crippen LogP contribution in [0.3, 0.4) is 0 Å². The van der Waals surface area contributed by atoms with E-state index in [2.05, 4.69) is 247 Å². The zero-order valence-corrected chi connectivity index (χ0v) is 40.2. The van der Waals surface area contributed by atoms with Crippen LogP contribution in [0.5, 0.6) is 0 Å². The fourth-order valence-corrected chi connectivity index (χ4v) is 9.50. The third kappa shape index (κ3) is 8.64. The van der Waals surface area contributed by atoms with Crippen molar-refractivity contribution in [2.45, 2.75) is 0 Å². The van der Waals surface area contributed by atoms with Gasteiger partial charge in [0.15, 0.2) is 0 Å². The van der Waals surface area contributed by atoms with Crippen molar-refractivity contribution in [3.8, 4) is 100 Å². The molecule has 0 spiro atoms. The molecule has 3 aromatic heterocycles. The number of hydrogen-bond acceptors (Lipinski definition) is 3. The van der Waals surface area contributed by atoms with Crippen LogP contribution in [0.1, 0.15) is 0 Å². The Balaban J connectivity index is 1.38. The molecule has 0 saturated heterocycles. The van der Waals surface area contributed by atoms with E-state index in [1.807, 2.05) is 55.4 Å². The lowest BCUT2D eigenvalue weighted by Gasteiger charge is -2.29. The highest BCUT2D eigenvalue weighted by Gasteiger charge is 2.29. The largest absolute Gasteiger partial charge is 0.264 e. The number of benzene rings is 7. The van der Waals surface area contributed by atoms with Gasteiger partial charge in [-0.3, -0.25) is 15.0 Å². The summed E-state index contributed by atoms with van der Waals surface area (Å²) >= 11 is 7.25. The quantitative estimate of drug-likeness (QED) is 0.135. The zero-order chi connectivity index (χ0) is 42.7. The second-order valence-electron chi connectivity index (χ2n) is 15.2. The first-order valence-corrected chi connectivity index (χ1v) is 23.8. The second kappa shape index (κ2) is 18.5. The molecule has 6 heteroatoms. The minimum atomic E-state index is 1.08. The molecule has 0 N–H and O–H groups in total. The Morgan fingerprint density at radius 2 is 0.397 bits per heavy atom. The van der Waals surface area contributed by atoms with Gasteiger partial charge in [0.05, 0.1) is 0 Å². The van der Waals surface area contributed by atoms with Gasteiger partial charge in [0, 0.05) is 47.9 Å². The monoisotopic (exact) mass is 1140 g/mol. The van der Waals surface area contributed by atoms with Gasteiger partial charge in [0.1, 0.15) is 0 Å². The normalized spacial score (nSPS) is 11.1. The molecule has 63 heavy (non-hydrogen) atoms. The van der Waals surface area contributed by atoms with Crippen LogP contribution >= 0.6 is 67.8 Å². The summed E-state index contributed by atoms with van der Waals surface area (Å²) in [6, 6.07) is 66.6. The molecule has 7 aromatic carbocycles. The number of pyridine rings is 3. The van der Waals surface area contributed by atoms with E-state index in [-0.39, 0.29) is 0 Å². The summed E-state index contributed by atoms with van der Waals surface area (Å²) in [6.07, 6.45) is 11.3. The van der Waals surface area contributed by atoms with Crippen LogP contribution < -0.4 is 0 Å². The molecule has 0 fully saturated rings. The van der Waals surface area contributed by atoms with Crippen molar-refractivity contribution in [2.24, 2.45) is 0 Å². The zero-order valence-electron chi connectivity index (χ0n) is 33.8. The molecular formula is C57H36I3N3. The standard InChI is InChI=1S/C57H36I3N3/c58-49-25-19-43(20-26-49)55-52(40-13-7-37(8-14-40)46-4-1-31-61-34-46)56(44-21-27-50(59)28-22-44)54(42-17-11-39(12-18-42)48-6-3-33-63-36-48)57(45-23-29-51(60)30-24-45)53(55)41-15-9-38(10-16-41)47-5-2-32-62-35-47/h1-36H. The van der Waals surface area contributed by atoms with E-state index in [0.29, 0.717) is 0 Å². The molecule has 0 radical (unpaired) electrons. The lowest BCUT2D eigenvalue weighted by molar-refractivity contribution is 1.33. The molecule has 0 saturated carbocycles. The molecule has 0 aliphatic heterocycles. The maximum Gasteiger partial charge on any atom is 0.0346 e. The van der Waals surface area contributed by atoms with E-state index >= 15 is 0 Å². The van der Waals surface area contributed by atoms with E-state index in [1.165, 1.54) is 44.1 Å². The smallest absolute Gasteiger partial charge is 0.0346 e. The molecule has 0 bridgehead atoms. The van der Waals surface area contributed by atoms with Gasteiger partial charge in [0.25, 0.3) is 0 Å². The van der Waals surface area contributed by atoms with E-state index in [9.17, 15) is 0 Å². The van der Waals surface area contributed by atoms with Gasteiger partial charge in [-0.05, 0) is 223 Å². The lowest BCUT2D eigenvalue weighted by atomic mass is 9.74. The van der Waals surface area contributed by atoms with Crippen LogP contribution in [0.2, 0.25) is 0 Å². The van der Waals surface area contributed by atoms with Crippen molar-refractivity contribution in [3.63, 3.8) is 0 Å². The Bertz CT molecular complexity index is 2790. The van der Waals surface area contributed by atoms with Gasteiger partial charge >= 0.3 is 0 Å². The number of nitrogens with zero attached hydrogens (tertiary/aromatic N) is 3. The maximum absolute atomic E-state index is 4.44. The topological polar surface area (TPSA) is 38.7 Å². The number of aromatic nitrogens is 3. The van der Waals surface area contributed by atoms with Crippen LogP contribution in [-0.2, 0) is 0 Å². The van der Waals surface area contributed by atoms with Crippen LogP contribution in [-0.4, -0.2) is 15.0 Å². The molecule has 3 nitrogen and oxygen atoms in total. The van der Waals surface area contributed by atoms with Gasteiger partial charge in [-0.2, -0.15) is 0 Å². The Morgan fingerprint density at radius 1 is 0.206 bits per heavy atom. The minimum Gasteiger partial charge on any atom is -0.264 e. The van der Waals surface area contributed by atoms with Crippen LogP contribution in [0.25, 0.3) is 100 Å². The third-order valence-electron chi connectivity index (χ3n) is 11.4. The highest BCUT2D eigenvalue weighted by molar-refractivity contribution is 14.1. The average molecular weight is 1140 g/mol. The predicted octanol–water partition coefficient (Wildman–Crippen LogP) is 16.7. The summed E-state index contributed by atoms with van der Waals surface area (Å²) < 4.78 is 3.55. The van der Waals surface area contributed by atoms with Crippen LogP contribution in [0, 0.1) is 10.7 Å². The predicted molar refractivity (Wildman–Crippen MR) is 287 cm³/mol. The summed E-state index contributed by atoms with van der Waals surface area (Å²) in [5.74, 6) is 0. The van der Waals surface area contributed by atoms with Crippen molar-refractivity contribution in [1.29, 1.82) is 0 Å². The summed E-state index contributed by atoms with van der Waals surface area (Å²) in [5, 5.41) is 0. The van der Waals surface area contributed by atoms with Crippen molar-refractivity contribution < 1.29 is 0 Å².